The van der Waals surface area contributed by atoms with Gasteiger partial charge in [0, 0.05) is 10.0 Å². The molecule has 0 unspecified atom stereocenters. The Balaban J connectivity index is 3.32. The van der Waals surface area contributed by atoms with E-state index in [2.05, 4.69) is 26.8 Å². The Morgan fingerprint density at radius 1 is 1.00 bits per heavy atom. The van der Waals surface area contributed by atoms with Crippen molar-refractivity contribution in [1.29, 1.82) is 0 Å². The van der Waals surface area contributed by atoms with Gasteiger partial charge in [-0.25, -0.2) is 0 Å². The fourth-order valence-electron chi connectivity index (χ4n) is 1.23. The third-order valence-corrected chi connectivity index (χ3v) is 2.78. The van der Waals surface area contributed by atoms with Crippen molar-refractivity contribution in [2.24, 2.45) is 0 Å². The minimum atomic E-state index is 0.0758. The predicted octanol–water partition coefficient (Wildman–Crippen LogP) is 4.60. The second-order valence-corrected chi connectivity index (χ2v) is 5.15. The molecule has 0 atom stereocenters. The van der Waals surface area contributed by atoms with Crippen LogP contribution < -0.4 is 0 Å². The first-order valence-electron chi connectivity index (χ1n) is 4.28. The van der Waals surface area contributed by atoms with Gasteiger partial charge >= 0.3 is 0 Å². The van der Waals surface area contributed by atoms with E-state index in [0.29, 0.717) is 0 Å². The van der Waals surface area contributed by atoms with Crippen LogP contribution in [-0.4, -0.2) is 0 Å². The van der Waals surface area contributed by atoms with Crippen molar-refractivity contribution in [2.75, 3.05) is 0 Å². The van der Waals surface area contributed by atoms with E-state index in [1.165, 1.54) is 0 Å². The van der Waals surface area contributed by atoms with E-state index in [1.54, 1.807) is 0 Å². The zero-order chi connectivity index (χ0) is 10.2. The van der Waals surface area contributed by atoms with Crippen LogP contribution in [0.2, 0.25) is 10.0 Å². The van der Waals surface area contributed by atoms with Crippen LogP contribution in [0.4, 0.5) is 0 Å². The molecule has 2 heteroatoms. The van der Waals surface area contributed by atoms with Gasteiger partial charge in [0.05, 0.1) is 0 Å². The van der Waals surface area contributed by atoms with Crippen molar-refractivity contribution in [3.63, 3.8) is 0 Å². The fraction of sp³-hybridized carbons (Fsp3) is 0.455. The van der Waals surface area contributed by atoms with E-state index in [9.17, 15) is 0 Å². The molecular weight excluding hydrogens is 203 g/mol. The Kier molecular flexibility index (Phi) is 2.94. The van der Waals surface area contributed by atoms with Crippen molar-refractivity contribution in [3.8, 4) is 0 Å². The molecule has 72 valence electrons. The lowest BCUT2D eigenvalue weighted by Gasteiger charge is -2.21. The quantitative estimate of drug-likeness (QED) is 0.595. The molecule has 0 amide bonds. The van der Waals surface area contributed by atoms with Gasteiger partial charge in [-0.05, 0) is 29.5 Å². The van der Waals surface area contributed by atoms with Crippen LogP contribution in [0.25, 0.3) is 0 Å². The van der Waals surface area contributed by atoms with Crippen molar-refractivity contribution >= 4 is 23.2 Å². The van der Waals surface area contributed by atoms with Gasteiger partial charge in [-0.15, -0.1) is 0 Å². The van der Waals surface area contributed by atoms with Gasteiger partial charge in [-0.1, -0.05) is 50.0 Å². The fourth-order valence-corrected chi connectivity index (χ4v) is 1.90. The minimum absolute atomic E-state index is 0.0758. The second-order valence-electron chi connectivity index (χ2n) is 4.33. The maximum Gasteiger partial charge on any atom is 0.0458 e. The summed E-state index contributed by atoms with van der Waals surface area (Å²) >= 11 is 12.1. The Bertz CT molecular complexity index is 322. The van der Waals surface area contributed by atoms with Crippen LogP contribution in [0.3, 0.4) is 0 Å². The first-order valence-corrected chi connectivity index (χ1v) is 5.04. The van der Waals surface area contributed by atoms with Gasteiger partial charge in [0.25, 0.3) is 0 Å². The van der Waals surface area contributed by atoms with Gasteiger partial charge < -0.3 is 0 Å². The maximum absolute atomic E-state index is 6.10. The first kappa shape index (κ1) is 10.9. The number of aryl methyl sites for hydroxylation is 1. The molecule has 13 heavy (non-hydrogen) atoms. The third kappa shape index (κ3) is 2.38. The van der Waals surface area contributed by atoms with Crippen LogP contribution in [-0.2, 0) is 5.41 Å². The van der Waals surface area contributed by atoms with E-state index in [-0.39, 0.29) is 5.41 Å². The van der Waals surface area contributed by atoms with Crippen LogP contribution >= 0.6 is 23.2 Å². The average Bonchev–Trinajstić information content (AvgIpc) is 1.94. The monoisotopic (exact) mass is 216 g/mol. The largest absolute Gasteiger partial charge is 0.0840 e. The molecule has 1 aromatic rings. The zero-order valence-corrected chi connectivity index (χ0v) is 9.92. The lowest BCUT2D eigenvalue weighted by Crippen LogP contribution is -2.12. The molecule has 0 saturated carbocycles. The molecule has 0 aliphatic heterocycles. The Morgan fingerprint density at radius 3 is 2.00 bits per heavy atom. The zero-order valence-electron chi connectivity index (χ0n) is 8.41. The SMILES string of the molecule is Cc1cc(C(C)(C)C)c(Cl)cc1Cl. The molecule has 0 nitrogen and oxygen atoms in total. The minimum Gasteiger partial charge on any atom is -0.0840 e. The van der Waals surface area contributed by atoms with E-state index < -0.39 is 0 Å². The molecule has 0 spiro atoms. The summed E-state index contributed by atoms with van der Waals surface area (Å²) in [5, 5.41) is 1.49. The van der Waals surface area contributed by atoms with Crippen LogP contribution in [0.5, 0.6) is 0 Å². The van der Waals surface area contributed by atoms with Crippen LogP contribution in [0.15, 0.2) is 12.1 Å². The summed E-state index contributed by atoms with van der Waals surface area (Å²) in [7, 11) is 0. The summed E-state index contributed by atoms with van der Waals surface area (Å²) in [5.41, 5.74) is 2.30. The molecule has 0 N–H and O–H groups in total. The van der Waals surface area contributed by atoms with E-state index in [0.717, 1.165) is 21.2 Å². The molecular formula is C11H14Cl2. The molecule has 0 fully saturated rings. The van der Waals surface area contributed by atoms with Gasteiger partial charge in [0.1, 0.15) is 0 Å². The summed E-state index contributed by atoms with van der Waals surface area (Å²) in [5.74, 6) is 0. The van der Waals surface area contributed by atoms with Gasteiger partial charge in [-0.3, -0.25) is 0 Å². The van der Waals surface area contributed by atoms with E-state index in [4.69, 9.17) is 23.2 Å². The Morgan fingerprint density at radius 2 is 1.54 bits per heavy atom. The second kappa shape index (κ2) is 3.51. The lowest BCUT2D eigenvalue weighted by molar-refractivity contribution is 0.590. The van der Waals surface area contributed by atoms with E-state index in [1.807, 2.05) is 13.0 Å². The summed E-state index contributed by atoms with van der Waals surface area (Å²) < 4.78 is 0. The van der Waals surface area contributed by atoms with Gasteiger partial charge in [0.2, 0.25) is 0 Å². The van der Waals surface area contributed by atoms with E-state index >= 15 is 0 Å². The standard InChI is InChI=1S/C11H14Cl2/c1-7-5-8(11(2,3)4)10(13)6-9(7)12/h5-6H,1-4H3. The van der Waals surface area contributed by atoms with Gasteiger partial charge in [0.15, 0.2) is 0 Å². The van der Waals surface area contributed by atoms with Crippen LogP contribution in [0, 0.1) is 6.92 Å². The number of rotatable bonds is 0. The molecule has 0 heterocycles. The summed E-state index contributed by atoms with van der Waals surface area (Å²) in [4.78, 5) is 0. The molecule has 1 rings (SSSR count). The van der Waals surface area contributed by atoms with Gasteiger partial charge in [-0.2, -0.15) is 0 Å². The highest BCUT2D eigenvalue weighted by Gasteiger charge is 2.18. The Hall–Kier alpha value is -0.200. The van der Waals surface area contributed by atoms with Crippen molar-refractivity contribution < 1.29 is 0 Å². The highest BCUT2D eigenvalue weighted by atomic mass is 35.5. The maximum atomic E-state index is 6.10. The summed E-state index contributed by atoms with van der Waals surface area (Å²) in [6.45, 7) is 8.42. The summed E-state index contributed by atoms with van der Waals surface area (Å²) in [6.07, 6.45) is 0. The lowest BCUT2D eigenvalue weighted by atomic mass is 9.86. The topological polar surface area (TPSA) is 0 Å². The number of halogens is 2. The van der Waals surface area contributed by atoms with Crippen molar-refractivity contribution in [3.05, 3.63) is 33.3 Å². The number of hydrogen-bond donors (Lipinski definition) is 0. The number of benzene rings is 1. The smallest absolute Gasteiger partial charge is 0.0458 e. The molecule has 0 radical (unpaired) electrons. The molecule has 1 aromatic carbocycles. The predicted molar refractivity (Wildman–Crippen MR) is 59.9 cm³/mol. The molecule has 0 aliphatic rings. The highest BCUT2D eigenvalue weighted by molar-refractivity contribution is 6.35. The molecule has 0 bridgehead atoms. The summed E-state index contributed by atoms with van der Waals surface area (Å²) in [6, 6.07) is 3.88. The first-order chi connectivity index (χ1) is 5.82. The molecule has 0 saturated heterocycles. The van der Waals surface area contributed by atoms with Crippen molar-refractivity contribution in [2.45, 2.75) is 33.1 Å². The average molecular weight is 217 g/mol. The van der Waals surface area contributed by atoms with Crippen molar-refractivity contribution in [1.82, 2.24) is 0 Å². The molecule has 0 aromatic heterocycles. The highest BCUT2D eigenvalue weighted by Crippen LogP contribution is 2.33. The Labute approximate surface area is 89.9 Å². The molecule has 0 aliphatic carbocycles. The van der Waals surface area contributed by atoms with Crippen LogP contribution in [0.1, 0.15) is 31.9 Å². The third-order valence-electron chi connectivity index (χ3n) is 2.06. The normalized spacial score (nSPS) is 11.8. The number of hydrogen-bond acceptors (Lipinski definition) is 0.